The molecule has 3 aromatic rings. The lowest BCUT2D eigenvalue weighted by Crippen LogP contribution is -2.35. The average molecular weight is 322 g/mol. The number of rotatable bonds is 6. The van der Waals surface area contributed by atoms with Gasteiger partial charge in [-0.1, -0.05) is 42.5 Å². The molecule has 0 spiro atoms. The van der Waals surface area contributed by atoms with Crippen LogP contribution in [0.4, 0.5) is 0 Å². The third kappa shape index (κ3) is 3.81. The van der Waals surface area contributed by atoms with Crippen molar-refractivity contribution < 1.29 is 14.0 Å². The Hall–Kier alpha value is -3.08. The lowest BCUT2D eigenvalue weighted by molar-refractivity contribution is -0.120. The molecule has 0 saturated heterocycles. The van der Waals surface area contributed by atoms with Crippen molar-refractivity contribution in [3.63, 3.8) is 0 Å². The molecule has 0 aliphatic rings. The Kier molecular flexibility index (Phi) is 4.91. The highest BCUT2D eigenvalue weighted by Crippen LogP contribution is 2.18. The van der Waals surface area contributed by atoms with Crippen molar-refractivity contribution in [2.45, 2.75) is 6.42 Å². The number of amides is 2. The number of benzene rings is 2. The quantitative estimate of drug-likeness (QED) is 0.685. The Morgan fingerprint density at radius 1 is 0.875 bits per heavy atom. The minimum atomic E-state index is -0.289. The van der Waals surface area contributed by atoms with Crippen LogP contribution < -0.4 is 10.6 Å². The van der Waals surface area contributed by atoms with Crippen LogP contribution in [0, 0.1) is 0 Å². The SMILES string of the molecule is O=C(Cc1cccc2ccccc12)NCCNC(=O)c1ccco1. The fourth-order valence-corrected chi connectivity index (χ4v) is 2.55. The minimum absolute atomic E-state index is 0.0707. The molecule has 0 saturated carbocycles. The fourth-order valence-electron chi connectivity index (χ4n) is 2.55. The van der Waals surface area contributed by atoms with Gasteiger partial charge in [-0.15, -0.1) is 0 Å². The number of fused-ring (bicyclic) bond motifs is 1. The first kappa shape index (κ1) is 15.8. The zero-order valence-corrected chi connectivity index (χ0v) is 13.1. The van der Waals surface area contributed by atoms with Gasteiger partial charge in [0.1, 0.15) is 0 Å². The second-order valence-corrected chi connectivity index (χ2v) is 5.40. The largest absolute Gasteiger partial charge is 0.459 e. The molecule has 0 bridgehead atoms. The molecule has 122 valence electrons. The number of carbonyl (C=O) groups is 2. The van der Waals surface area contributed by atoms with E-state index in [1.54, 1.807) is 12.1 Å². The highest BCUT2D eigenvalue weighted by molar-refractivity contribution is 5.91. The molecule has 1 heterocycles. The van der Waals surface area contributed by atoms with Crippen molar-refractivity contribution in [2.75, 3.05) is 13.1 Å². The van der Waals surface area contributed by atoms with Gasteiger partial charge >= 0.3 is 0 Å². The summed E-state index contributed by atoms with van der Waals surface area (Å²) in [4.78, 5) is 23.8. The van der Waals surface area contributed by atoms with Gasteiger partial charge in [0.25, 0.3) is 5.91 Å². The van der Waals surface area contributed by atoms with Gasteiger partial charge in [0.15, 0.2) is 5.76 Å². The number of hydrogen-bond donors (Lipinski definition) is 2. The van der Waals surface area contributed by atoms with Gasteiger partial charge in [-0.3, -0.25) is 9.59 Å². The van der Waals surface area contributed by atoms with Crippen LogP contribution in [0.5, 0.6) is 0 Å². The highest BCUT2D eigenvalue weighted by atomic mass is 16.3. The Labute approximate surface area is 139 Å². The first-order valence-electron chi connectivity index (χ1n) is 7.79. The molecule has 2 aromatic carbocycles. The average Bonchev–Trinajstić information content (AvgIpc) is 3.14. The van der Waals surface area contributed by atoms with E-state index in [1.807, 2.05) is 42.5 Å². The van der Waals surface area contributed by atoms with Gasteiger partial charge in [-0.2, -0.15) is 0 Å². The number of furan rings is 1. The van der Waals surface area contributed by atoms with Gasteiger partial charge in [0.05, 0.1) is 12.7 Å². The molecule has 5 heteroatoms. The van der Waals surface area contributed by atoms with Crippen LogP contribution in [0.3, 0.4) is 0 Å². The Morgan fingerprint density at radius 3 is 2.50 bits per heavy atom. The topological polar surface area (TPSA) is 71.3 Å². The first-order valence-corrected chi connectivity index (χ1v) is 7.79. The van der Waals surface area contributed by atoms with Crippen molar-refractivity contribution >= 4 is 22.6 Å². The van der Waals surface area contributed by atoms with Gasteiger partial charge in [-0.05, 0) is 28.5 Å². The van der Waals surface area contributed by atoms with Crippen LogP contribution in [0.2, 0.25) is 0 Å². The minimum Gasteiger partial charge on any atom is -0.459 e. The third-order valence-corrected chi connectivity index (χ3v) is 3.71. The lowest BCUT2D eigenvalue weighted by Gasteiger charge is -2.08. The second-order valence-electron chi connectivity index (χ2n) is 5.40. The highest BCUT2D eigenvalue weighted by Gasteiger charge is 2.08. The Morgan fingerprint density at radius 2 is 1.67 bits per heavy atom. The van der Waals surface area contributed by atoms with Crippen molar-refractivity contribution in [1.29, 1.82) is 0 Å². The summed E-state index contributed by atoms with van der Waals surface area (Å²) in [5.74, 6) is -0.0982. The Bertz CT molecular complexity index is 835. The van der Waals surface area contributed by atoms with E-state index in [-0.39, 0.29) is 17.6 Å². The maximum atomic E-state index is 12.1. The van der Waals surface area contributed by atoms with Crippen LogP contribution in [0.15, 0.2) is 65.3 Å². The van der Waals surface area contributed by atoms with Gasteiger partial charge in [-0.25, -0.2) is 0 Å². The first-order chi connectivity index (χ1) is 11.7. The number of nitrogens with one attached hydrogen (secondary N) is 2. The summed E-state index contributed by atoms with van der Waals surface area (Å²) in [6.07, 6.45) is 1.76. The van der Waals surface area contributed by atoms with Crippen LogP contribution in [0.1, 0.15) is 16.1 Å². The molecule has 0 unspecified atom stereocenters. The molecular weight excluding hydrogens is 304 g/mol. The summed E-state index contributed by atoms with van der Waals surface area (Å²) in [5, 5.41) is 7.70. The van der Waals surface area contributed by atoms with Crippen molar-refractivity contribution in [3.8, 4) is 0 Å². The van der Waals surface area contributed by atoms with Crippen molar-refractivity contribution in [2.24, 2.45) is 0 Å². The van der Waals surface area contributed by atoms with Crippen LogP contribution in [-0.4, -0.2) is 24.9 Å². The summed E-state index contributed by atoms with van der Waals surface area (Å²) in [5.41, 5.74) is 0.991. The monoisotopic (exact) mass is 322 g/mol. The molecule has 0 aliphatic carbocycles. The van der Waals surface area contributed by atoms with E-state index in [9.17, 15) is 9.59 Å². The molecule has 0 aliphatic heterocycles. The summed E-state index contributed by atoms with van der Waals surface area (Å²) in [6.45, 7) is 0.719. The standard InChI is InChI=1S/C19H18N2O3/c22-18(20-10-11-21-19(23)17-9-4-12-24-17)13-15-7-3-6-14-5-1-2-8-16(14)15/h1-9,12H,10-11,13H2,(H,20,22)(H,21,23). The van der Waals surface area contributed by atoms with E-state index < -0.39 is 0 Å². The predicted octanol–water partition coefficient (Wildman–Crippen LogP) is 2.52. The van der Waals surface area contributed by atoms with Gasteiger partial charge in [0, 0.05) is 13.1 Å². The zero-order chi connectivity index (χ0) is 16.8. The van der Waals surface area contributed by atoms with Crippen molar-refractivity contribution in [1.82, 2.24) is 10.6 Å². The summed E-state index contributed by atoms with van der Waals surface area (Å²) >= 11 is 0. The second kappa shape index (κ2) is 7.46. The molecular formula is C19H18N2O3. The molecule has 2 amide bonds. The smallest absolute Gasteiger partial charge is 0.287 e. The van der Waals surface area contributed by atoms with Crippen LogP contribution >= 0.6 is 0 Å². The fraction of sp³-hybridized carbons (Fsp3) is 0.158. The predicted molar refractivity (Wildman–Crippen MR) is 91.7 cm³/mol. The van der Waals surface area contributed by atoms with Crippen LogP contribution in [0.25, 0.3) is 10.8 Å². The normalized spacial score (nSPS) is 10.5. The van der Waals surface area contributed by atoms with E-state index in [4.69, 9.17) is 4.42 Å². The van der Waals surface area contributed by atoms with Crippen LogP contribution in [-0.2, 0) is 11.2 Å². The molecule has 1 aromatic heterocycles. The van der Waals surface area contributed by atoms with E-state index in [2.05, 4.69) is 10.6 Å². The number of carbonyl (C=O) groups excluding carboxylic acids is 2. The zero-order valence-electron chi connectivity index (χ0n) is 13.1. The molecule has 2 N–H and O–H groups in total. The molecule has 5 nitrogen and oxygen atoms in total. The molecule has 0 atom stereocenters. The maximum absolute atomic E-state index is 12.1. The summed E-state index contributed by atoms with van der Waals surface area (Å²) in [7, 11) is 0. The van der Waals surface area contributed by atoms with Gasteiger partial charge < -0.3 is 15.1 Å². The third-order valence-electron chi connectivity index (χ3n) is 3.71. The van der Waals surface area contributed by atoms with E-state index in [0.29, 0.717) is 19.5 Å². The maximum Gasteiger partial charge on any atom is 0.287 e. The molecule has 0 fully saturated rings. The lowest BCUT2D eigenvalue weighted by atomic mass is 10.0. The van der Waals surface area contributed by atoms with E-state index >= 15 is 0 Å². The number of hydrogen-bond acceptors (Lipinski definition) is 3. The van der Waals surface area contributed by atoms with Gasteiger partial charge in [0.2, 0.25) is 5.91 Å². The molecule has 24 heavy (non-hydrogen) atoms. The van der Waals surface area contributed by atoms with E-state index in [0.717, 1.165) is 16.3 Å². The van der Waals surface area contributed by atoms with E-state index in [1.165, 1.54) is 6.26 Å². The van der Waals surface area contributed by atoms with Crippen molar-refractivity contribution in [3.05, 3.63) is 72.2 Å². The summed E-state index contributed by atoms with van der Waals surface area (Å²) in [6, 6.07) is 17.2. The summed E-state index contributed by atoms with van der Waals surface area (Å²) < 4.78 is 4.99. The Balaban J connectivity index is 1.48. The molecule has 3 rings (SSSR count). The molecule has 0 radical (unpaired) electrons.